The number of phenols is 2. The highest BCUT2D eigenvalue weighted by atomic mass is 35.5. The van der Waals surface area contributed by atoms with Crippen molar-refractivity contribution in [1.29, 1.82) is 0 Å². The fourth-order valence-corrected chi connectivity index (χ4v) is 10.3. The Morgan fingerprint density at radius 2 is 1.44 bits per heavy atom. The largest absolute Gasteiger partial charge is 0.508 e. The van der Waals surface area contributed by atoms with Crippen molar-refractivity contribution in [2.24, 2.45) is 4.99 Å². The topological polar surface area (TPSA) is 207 Å². The number of carboxylic acids is 1. The third-order valence-corrected chi connectivity index (χ3v) is 14.4. The molecule has 2 atom stereocenters. The minimum absolute atomic E-state index is 0.00107. The molecule has 2 aliphatic rings. The van der Waals surface area contributed by atoms with Crippen LogP contribution >= 0.6 is 22.9 Å². The highest BCUT2D eigenvalue weighted by molar-refractivity contribution is 7.15. The number of benzene rings is 4. The highest BCUT2D eigenvalue weighted by Crippen LogP contribution is 2.40. The minimum Gasteiger partial charge on any atom is -0.508 e. The molecule has 1 amide bonds. The minimum atomic E-state index is -5.08. The first kappa shape index (κ1) is 52.2. The van der Waals surface area contributed by atoms with Crippen LogP contribution in [0.5, 0.6) is 11.5 Å². The number of carboxylic acid groups (broad SMARTS) is 1. The molecule has 16 nitrogen and oxygen atoms in total. The van der Waals surface area contributed by atoms with E-state index in [1.807, 2.05) is 76.2 Å². The number of amides is 1. The molecule has 21 heteroatoms. The second-order valence-electron chi connectivity index (χ2n) is 18.4. The van der Waals surface area contributed by atoms with Gasteiger partial charge in [0.1, 0.15) is 28.4 Å². The van der Waals surface area contributed by atoms with E-state index in [-0.39, 0.29) is 41.6 Å². The fraction of sp³-hybridized carbons (Fsp3) is 0.327. The van der Waals surface area contributed by atoms with Gasteiger partial charge in [-0.15, -0.1) is 21.5 Å². The molecule has 1 fully saturated rings. The van der Waals surface area contributed by atoms with E-state index in [0.29, 0.717) is 27.7 Å². The molecular weight excluding hydrogens is 985 g/mol. The van der Waals surface area contributed by atoms with E-state index in [4.69, 9.17) is 26.5 Å². The number of halogens is 4. The number of aliphatic carboxylic acids is 1. The first-order valence-corrected chi connectivity index (χ1v) is 24.7. The molecule has 5 heterocycles. The van der Waals surface area contributed by atoms with E-state index in [1.54, 1.807) is 17.4 Å². The Morgan fingerprint density at radius 1 is 0.849 bits per heavy atom. The lowest BCUT2D eigenvalue weighted by Gasteiger charge is -2.34. The van der Waals surface area contributed by atoms with Crippen LogP contribution in [0.3, 0.4) is 0 Å². The standard InChI is InChI=1S/C50H53ClN10O4S.C2HF3O2/c1-28(2)39-23-40(43(63)25-42(39)62)47-55-57-50(65)61(47)38-17-9-34(10-18-38)27-59-21-19-58(20-22-59)26-33-7-11-35(12-8-33)30(4)52-44(64)24-41-48-56-54-32(6)60(48)49-45(29(3)31(5)66-49)46(53-41)36-13-15-37(51)16-14-36;3-2(4,5)1(6)7/h7-18,23,25,28,30,41,62-63H,19-22,24,26-27H2,1-6H3,(H,52,64)(H,57,65);(H,6,7)/t30-,41-;/m1./s1. The molecular formula is C52H54ClF3N10O6S. The normalized spacial score (nSPS) is 15.4. The lowest BCUT2D eigenvalue weighted by atomic mass is 9.98. The number of fused-ring (bicyclic) bond motifs is 3. The number of aromatic nitrogens is 6. The number of aromatic hydroxyl groups is 2. The van der Waals surface area contributed by atoms with Crippen LogP contribution < -0.4 is 11.0 Å². The third kappa shape index (κ3) is 11.6. The van der Waals surface area contributed by atoms with Gasteiger partial charge in [-0.3, -0.25) is 24.2 Å². The SMILES string of the molecule is Cc1sc2c(c1C)C(c1ccc(Cl)cc1)=N[C@H](CC(=O)N[C@H](C)c1ccc(CN3CCN(Cc4ccc(-n5c(-c6cc(C(C)C)c(O)cc6O)n[nH]c5=O)cc4)CC3)cc1)c1nnc(C)n1-2.O=C(O)C(F)(F)F. The smallest absolute Gasteiger partial charge is 0.490 e. The number of aliphatic imine (C=N–C) groups is 1. The van der Waals surface area contributed by atoms with Crippen molar-refractivity contribution < 1.29 is 38.1 Å². The molecule has 73 heavy (non-hydrogen) atoms. The maximum atomic E-state index is 13.8. The zero-order valence-electron chi connectivity index (χ0n) is 40.8. The number of carbonyl (C=O) groups is 2. The number of aryl methyl sites for hydroxylation is 2. The molecule has 9 rings (SSSR count). The number of rotatable bonds is 12. The van der Waals surface area contributed by atoms with Crippen LogP contribution in [-0.4, -0.2) is 105 Å². The Bertz CT molecular complexity index is 3230. The van der Waals surface area contributed by atoms with Crippen molar-refractivity contribution in [2.75, 3.05) is 26.2 Å². The molecule has 4 aromatic carbocycles. The molecule has 5 N–H and O–H groups in total. The number of phenolic OH excluding ortho intramolecular Hbond substituents is 2. The molecule has 0 radical (unpaired) electrons. The van der Waals surface area contributed by atoms with Crippen molar-refractivity contribution >= 4 is 40.5 Å². The van der Waals surface area contributed by atoms with Crippen molar-refractivity contribution in [2.45, 2.75) is 85.2 Å². The quantitative estimate of drug-likeness (QED) is 0.0780. The third-order valence-electron chi connectivity index (χ3n) is 13.0. The number of hydrogen-bond acceptors (Lipinski definition) is 12. The van der Waals surface area contributed by atoms with E-state index in [9.17, 15) is 33.0 Å². The molecule has 1 saturated heterocycles. The van der Waals surface area contributed by atoms with Gasteiger partial charge >= 0.3 is 17.8 Å². The summed E-state index contributed by atoms with van der Waals surface area (Å²) in [6.07, 6.45) is -4.97. The predicted molar refractivity (Wildman–Crippen MR) is 272 cm³/mol. The summed E-state index contributed by atoms with van der Waals surface area (Å²) >= 11 is 7.97. The lowest BCUT2D eigenvalue weighted by molar-refractivity contribution is -0.192. The van der Waals surface area contributed by atoms with Gasteiger partial charge in [0, 0.05) is 66.4 Å². The molecule has 7 aromatic rings. The van der Waals surface area contributed by atoms with Crippen LogP contribution in [0.25, 0.3) is 22.1 Å². The first-order valence-electron chi connectivity index (χ1n) is 23.5. The van der Waals surface area contributed by atoms with E-state index in [0.717, 1.165) is 83.6 Å². The average molecular weight is 1040 g/mol. The van der Waals surface area contributed by atoms with Crippen LogP contribution in [0.1, 0.15) is 101 Å². The van der Waals surface area contributed by atoms with Crippen LogP contribution in [-0.2, 0) is 22.7 Å². The first-order chi connectivity index (χ1) is 34.7. The number of carbonyl (C=O) groups excluding carboxylic acids is 1. The van der Waals surface area contributed by atoms with Crippen LogP contribution in [0.4, 0.5) is 13.2 Å². The van der Waals surface area contributed by atoms with Gasteiger partial charge in [0.2, 0.25) is 5.91 Å². The van der Waals surface area contributed by atoms with Gasteiger partial charge in [-0.1, -0.05) is 74.0 Å². The number of nitrogens with zero attached hydrogens (tertiary/aromatic N) is 8. The van der Waals surface area contributed by atoms with E-state index in [2.05, 4.69) is 78.2 Å². The Kier molecular flexibility index (Phi) is 15.4. The molecule has 2 aliphatic heterocycles. The van der Waals surface area contributed by atoms with Crippen LogP contribution in [0.2, 0.25) is 5.02 Å². The Balaban J connectivity index is 0.000000948. The summed E-state index contributed by atoms with van der Waals surface area (Å²) in [7, 11) is 0. The van der Waals surface area contributed by atoms with Crippen molar-refractivity contribution in [1.82, 2.24) is 44.6 Å². The predicted octanol–water partition coefficient (Wildman–Crippen LogP) is 9.09. The summed E-state index contributed by atoms with van der Waals surface area (Å²) in [5, 5.41) is 48.8. The summed E-state index contributed by atoms with van der Waals surface area (Å²) in [5.74, 6) is -1.36. The summed E-state index contributed by atoms with van der Waals surface area (Å²) in [6.45, 7) is 17.4. The maximum absolute atomic E-state index is 13.8. The number of nitrogens with one attached hydrogen (secondary N) is 2. The summed E-state index contributed by atoms with van der Waals surface area (Å²) < 4.78 is 35.2. The van der Waals surface area contributed by atoms with Gasteiger partial charge in [0.25, 0.3) is 0 Å². The average Bonchev–Trinajstić information content (AvgIpc) is 3.98. The van der Waals surface area contributed by atoms with Crippen LogP contribution in [0.15, 0.2) is 94.7 Å². The number of hydrogen-bond donors (Lipinski definition) is 5. The van der Waals surface area contributed by atoms with E-state index in [1.165, 1.54) is 21.1 Å². The molecule has 0 unspecified atom stereocenters. The van der Waals surface area contributed by atoms with Gasteiger partial charge in [-0.25, -0.2) is 19.3 Å². The number of alkyl halides is 3. The second-order valence-corrected chi connectivity index (χ2v) is 20.1. The molecule has 3 aromatic heterocycles. The Hall–Kier alpha value is -7.13. The van der Waals surface area contributed by atoms with Gasteiger partial charge in [0.05, 0.1) is 29.4 Å². The summed E-state index contributed by atoms with van der Waals surface area (Å²) in [6, 6.07) is 26.2. The van der Waals surface area contributed by atoms with E-state index < -0.39 is 23.9 Å². The van der Waals surface area contributed by atoms with Crippen molar-refractivity contribution in [3.63, 3.8) is 0 Å². The number of thiophene rings is 1. The van der Waals surface area contributed by atoms with Gasteiger partial charge in [-0.2, -0.15) is 18.3 Å². The maximum Gasteiger partial charge on any atom is 0.490 e. The summed E-state index contributed by atoms with van der Waals surface area (Å²) in [5.41, 5.74) is 8.50. The Morgan fingerprint density at radius 3 is 2.01 bits per heavy atom. The molecule has 0 saturated carbocycles. The highest BCUT2D eigenvalue weighted by Gasteiger charge is 2.38. The molecule has 382 valence electrons. The number of H-pyrrole nitrogens is 1. The molecule has 0 bridgehead atoms. The monoisotopic (exact) mass is 1040 g/mol. The van der Waals surface area contributed by atoms with Crippen LogP contribution in [0, 0.1) is 20.8 Å². The Labute approximate surface area is 427 Å². The van der Waals surface area contributed by atoms with Gasteiger partial charge in [0.15, 0.2) is 11.6 Å². The lowest BCUT2D eigenvalue weighted by Crippen LogP contribution is -2.45. The summed E-state index contributed by atoms with van der Waals surface area (Å²) in [4.78, 5) is 47.0. The zero-order valence-corrected chi connectivity index (χ0v) is 42.4. The molecule has 0 aliphatic carbocycles. The molecule has 0 spiro atoms. The fourth-order valence-electron chi connectivity index (χ4n) is 8.93. The van der Waals surface area contributed by atoms with Crippen molar-refractivity contribution in [3.05, 3.63) is 156 Å². The number of aromatic amines is 1. The van der Waals surface area contributed by atoms with E-state index >= 15 is 0 Å². The van der Waals surface area contributed by atoms with Gasteiger partial charge in [-0.05, 0) is 91.8 Å². The van der Waals surface area contributed by atoms with Gasteiger partial charge < -0.3 is 20.6 Å². The zero-order chi connectivity index (χ0) is 52.5. The van der Waals surface area contributed by atoms with Crippen molar-refractivity contribution in [3.8, 4) is 33.6 Å². The number of piperazine rings is 1. The second kappa shape index (κ2) is 21.5.